The molecule has 0 N–H and O–H groups in total. The van der Waals surface area contributed by atoms with Crippen molar-refractivity contribution in [3.63, 3.8) is 0 Å². The minimum Gasteiger partial charge on any atom is -0.240 e. The SMILES string of the molecule is Clc1cccc(-n2cc[c]n2)c1. The molecule has 0 amide bonds. The summed E-state index contributed by atoms with van der Waals surface area (Å²) in [5, 5.41) is 4.67. The van der Waals surface area contributed by atoms with E-state index in [1.165, 1.54) is 0 Å². The Hall–Kier alpha value is -1.28. The molecule has 0 aliphatic rings. The van der Waals surface area contributed by atoms with Gasteiger partial charge in [0.2, 0.25) is 0 Å². The first kappa shape index (κ1) is 7.37. The molecule has 0 atom stereocenters. The average Bonchev–Trinajstić information content (AvgIpc) is 2.56. The van der Waals surface area contributed by atoms with Crippen LogP contribution in [-0.2, 0) is 0 Å². The van der Waals surface area contributed by atoms with Gasteiger partial charge in [0.15, 0.2) is 0 Å². The highest BCUT2D eigenvalue weighted by Gasteiger charge is 1.95. The Morgan fingerprint density at radius 3 is 3.00 bits per heavy atom. The first-order chi connectivity index (χ1) is 5.86. The van der Waals surface area contributed by atoms with Crippen molar-refractivity contribution in [3.05, 3.63) is 47.7 Å². The predicted octanol–water partition coefficient (Wildman–Crippen LogP) is 2.33. The molecule has 2 nitrogen and oxygen atoms in total. The maximum atomic E-state index is 5.81. The average molecular weight is 178 g/mol. The van der Waals surface area contributed by atoms with E-state index in [0.717, 1.165) is 5.69 Å². The minimum atomic E-state index is 0.711. The summed E-state index contributed by atoms with van der Waals surface area (Å²) in [6.45, 7) is 0. The molecule has 0 saturated carbocycles. The third-order valence-corrected chi connectivity index (χ3v) is 1.76. The molecular weight excluding hydrogens is 172 g/mol. The number of halogens is 1. The van der Waals surface area contributed by atoms with Crippen LogP contribution in [0.4, 0.5) is 0 Å². The number of hydrogen-bond acceptors (Lipinski definition) is 1. The van der Waals surface area contributed by atoms with Crippen molar-refractivity contribution in [2.24, 2.45) is 0 Å². The zero-order valence-electron chi connectivity index (χ0n) is 6.24. The van der Waals surface area contributed by atoms with Crippen LogP contribution in [0.15, 0.2) is 36.5 Å². The summed E-state index contributed by atoms with van der Waals surface area (Å²) in [5.41, 5.74) is 0.948. The van der Waals surface area contributed by atoms with E-state index in [0.29, 0.717) is 5.02 Å². The number of hydrogen-bond donors (Lipinski definition) is 0. The molecule has 12 heavy (non-hydrogen) atoms. The molecule has 0 aliphatic carbocycles. The van der Waals surface area contributed by atoms with Crippen molar-refractivity contribution in [1.29, 1.82) is 0 Å². The third kappa shape index (κ3) is 1.34. The molecule has 0 fully saturated rings. The summed E-state index contributed by atoms with van der Waals surface area (Å²) in [6.07, 6.45) is 4.54. The van der Waals surface area contributed by atoms with Crippen LogP contribution in [0.3, 0.4) is 0 Å². The first-order valence-electron chi connectivity index (χ1n) is 3.54. The van der Waals surface area contributed by atoms with E-state index in [2.05, 4.69) is 11.3 Å². The van der Waals surface area contributed by atoms with Crippen LogP contribution in [0.25, 0.3) is 5.69 Å². The van der Waals surface area contributed by atoms with Gasteiger partial charge in [0.25, 0.3) is 0 Å². The summed E-state index contributed by atoms with van der Waals surface area (Å²) in [5.74, 6) is 0. The Morgan fingerprint density at radius 2 is 2.33 bits per heavy atom. The second-order valence-corrected chi connectivity index (χ2v) is 2.81. The third-order valence-electron chi connectivity index (χ3n) is 1.53. The Morgan fingerprint density at radius 1 is 1.42 bits per heavy atom. The minimum absolute atomic E-state index is 0.711. The maximum Gasteiger partial charge on any atom is 0.113 e. The predicted molar refractivity (Wildman–Crippen MR) is 47.4 cm³/mol. The second-order valence-electron chi connectivity index (χ2n) is 2.37. The molecule has 0 bridgehead atoms. The van der Waals surface area contributed by atoms with Gasteiger partial charge in [-0.05, 0) is 24.3 Å². The van der Waals surface area contributed by atoms with E-state index >= 15 is 0 Å². The highest BCUT2D eigenvalue weighted by atomic mass is 35.5. The van der Waals surface area contributed by atoms with Gasteiger partial charge in [-0.2, -0.15) is 5.10 Å². The van der Waals surface area contributed by atoms with Gasteiger partial charge in [-0.25, -0.2) is 4.68 Å². The lowest BCUT2D eigenvalue weighted by atomic mass is 10.3. The summed E-state index contributed by atoms with van der Waals surface area (Å²) in [7, 11) is 0. The number of rotatable bonds is 1. The van der Waals surface area contributed by atoms with Gasteiger partial charge in [0, 0.05) is 11.2 Å². The van der Waals surface area contributed by atoms with E-state index in [1.54, 1.807) is 10.7 Å². The molecule has 0 saturated heterocycles. The van der Waals surface area contributed by atoms with E-state index < -0.39 is 0 Å². The summed E-state index contributed by atoms with van der Waals surface area (Å²) >= 11 is 5.81. The fourth-order valence-corrected chi connectivity index (χ4v) is 1.18. The second kappa shape index (κ2) is 2.99. The Kier molecular flexibility index (Phi) is 1.84. The smallest absolute Gasteiger partial charge is 0.113 e. The lowest BCUT2D eigenvalue weighted by Gasteiger charge is -1.99. The fourth-order valence-electron chi connectivity index (χ4n) is 0.995. The lowest BCUT2D eigenvalue weighted by molar-refractivity contribution is 0.877. The zero-order valence-corrected chi connectivity index (χ0v) is 6.99. The molecule has 2 aromatic rings. The molecule has 2 rings (SSSR count). The quantitative estimate of drug-likeness (QED) is 0.654. The zero-order chi connectivity index (χ0) is 8.39. The van der Waals surface area contributed by atoms with Gasteiger partial charge >= 0.3 is 0 Å². The van der Waals surface area contributed by atoms with Crippen molar-refractivity contribution >= 4 is 11.6 Å². The summed E-state index contributed by atoms with van der Waals surface area (Å²) < 4.78 is 1.71. The largest absolute Gasteiger partial charge is 0.240 e. The Balaban J connectivity index is 2.48. The monoisotopic (exact) mass is 177 g/mol. The maximum absolute atomic E-state index is 5.81. The van der Waals surface area contributed by atoms with Gasteiger partial charge < -0.3 is 0 Å². The summed E-state index contributed by atoms with van der Waals surface area (Å²) in [6, 6.07) is 9.26. The number of nitrogens with zero attached hydrogens (tertiary/aromatic N) is 2. The van der Waals surface area contributed by atoms with E-state index in [-0.39, 0.29) is 0 Å². The van der Waals surface area contributed by atoms with Crippen LogP contribution < -0.4 is 0 Å². The molecule has 3 heteroatoms. The van der Waals surface area contributed by atoms with Gasteiger partial charge in [0.1, 0.15) is 6.20 Å². The highest BCUT2D eigenvalue weighted by Crippen LogP contribution is 2.13. The normalized spacial score (nSPS) is 10.1. The molecular formula is C9H6ClN2. The Bertz CT molecular complexity index is 368. The van der Waals surface area contributed by atoms with Crippen LogP contribution in [0.1, 0.15) is 0 Å². The van der Waals surface area contributed by atoms with E-state index in [1.807, 2.05) is 30.5 Å². The standard InChI is InChI=1S/C9H6ClN2/c10-8-3-1-4-9(7-8)12-6-2-5-11-12/h1-4,6-7H. The van der Waals surface area contributed by atoms with Crippen LogP contribution in [0.2, 0.25) is 5.02 Å². The van der Waals surface area contributed by atoms with Crippen molar-refractivity contribution in [1.82, 2.24) is 9.78 Å². The number of aromatic nitrogens is 2. The fraction of sp³-hybridized carbons (Fsp3) is 0. The van der Waals surface area contributed by atoms with Crippen LogP contribution >= 0.6 is 11.6 Å². The van der Waals surface area contributed by atoms with Gasteiger partial charge in [-0.1, -0.05) is 17.7 Å². The molecule has 0 unspecified atom stereocenters. The lowest BCUT2D eigenvalue weighted by Crippen LogP contribution is -1.92. The van der Waals surface area contributed by atoms with E-state index in [4.69, 9.17) is 11.6 Å². The molecule has 1 heterocycles. The van der Waals surface area contributed by atoms with Crippen LogP contribution in [-0.4, -0.2) is 9.78 Å². The van der Waals surface area contributed by atoms with Gasteiger partial charge in [-0.15, -0.1) is 0 Å². The number of benzene rings is 1. The van der Waals surface area contributed by atoms with Gasteiger partial charge in [0.05, 0.1) is 5.69 Å². The molecule has 0 spiro atoms. The van der Waals surface area contributed by atoms with Gasteiger partial charge in [-0.3, -0.25) is 0 Å². The van der Waals surface area contributed by atoms with Crippen LogP contribution in [0, 0.1) is 6.20 Å². The van der Waals surface area contributed by atoms with Crippen LogP contribution in [0.5, 0.6) is 0 Å². The first-order valence-corrected chi connectivity index (χ1v) is 3.92. The van der Waals surface area contributed by atoms with Crippen molar-refractivity contribution in [2.45, 2.75) is 0 Å². The van der Waals surface area contributed by atoms with Crippen molar-refractivity contribution in [2.75, 3.05) is 0 Å². The molecule has 0 aliphatic heterocycles. The molecule has 1 aromatic carbocycles. The molecule has 1 radical (unpaired) electrons. The molecule has 1 aromatic heterocycles. The topological polar surface area (TPSA) is 17.8 Å². The summed E-state index contributed by atoms with van der Waals surface area (Å²) in [4.78, 5) is 0. The van der Waals surface area contributed by atoms with Crippen molar-refractivity contribution < 1.29 is 0 Å². The highest BCUT2D eigenvalue weighted by molar-refractivity contribution is 6.30. The van der Waals surface area contributed by atoms with E-state index in [9.17, 15) is 0 Å². The Labute approximate surface area is 75.4 Å². The molecule has 59 valence electrons. The van der Waals surface area contributed by atoms with Crippen molar-refractivity contribution in [3.8, 4) is 5.69 Å².